The zero-order chi connectivity index (χ0) is 33.7. The van der Waals surface area contributed by atoms with Crippen molar-refractivity contribution in [1.29, 1.82) is 0 Å². The summed E-state index contributed by atoms with van der Waals surface area (Å²) in [5.41, 5.74) is 0.600. The van der Waals surface area contributed by atoms with E-state index in [0.717, 1.165) is 44.9 Å². The number of phenols is 1. The molecule has 1 amide bonds. The quantitative estimate of drug-likeness (QED) is 0.224. The molecule has 5 aliphatic rings. The maximum absolute atomic E-state index is 14.6. The Hall–Kier alpha value is -2.67. The summed E-state index contributed by atoms with van der Waals surface area (Å²) in [6.07, 6.45) is 11.4. The van der Waals surface area contributed by atoms with Crippen LogP contribution in [0.4, 0.5) is 0 Å². The number of fused-ring (bicyclic) bond motifs is 7. The number of nitrogens with zero attached hydrogens (tertiary/aromatic N) is 1. The molecule has 3 unspecified atom stereocenters. The van der Waals surface area contributed by atoms with Gasteiger partial charge >= 0.3 is 5.97 Å². The number of phenolic OH excluding ortho intramolecular Hbond substituents is 1. The minimum absolute atomic E-state index is 0.00206. The first-order valence-corrected chi connectivity index (χ1v) is 17.6. The van der Waals surface area contributed by atoms with Crippen LogP contribution in [0.1, 0.15) is 118 Å². The Morgan fingerprint density at radius 2 is 1.57 bits per heavy atom. The number of carbonyl (C=O) groups excluding carboxylic acids is 2. The summed E-state index contributed by atoms with van der Waals surface area (Å²) in [5, 5.41) is 31.4. The summed E-state index contributed by atoms with van der Waals surface area (Å²) >= 11 is 0. The molecule has 0 aromatic heterocycles. The normalized spacial score (nSPS) is 42.0. The number of allylic oxidation sites excluding steroid dienone is 2. The van der Waals surface area contributed by atoms with Crippen molar-refractivity contribution in [2.24, 2.45) is 50.2 Å². The van der Waals surface area contributed by atoms with Gasteiger partial charge in [0.15, 0.2) is 11.8 Å². The minimum atomic E-state index is -1.45. The van der Waals surface area contributed by atoms with Crippen LogP contribution in [0.5, 0.6) is 5.75 Å². The first kappa shape index (κ1) is 33.2. The van der Waals surface area contributed by atoms with Crippen LogP contribution in [0.15, 0.2) is 35.9 Å². The van der Waals surface area contributed by atoms with Crippen LogP contribution in [0.3, 0.4) is 0 Å². The topological polar surface area (TPSA) is 115 Å². The van der Waals surface area contributed by atoms with E-state index in [-0.39, 0.29) is 56.9 Å². The van der Waals surface area contributed by atoms with Crippen LogP contribution in [0.25, 0.3) is 0 Å². The van der Waals surface area contributed by atoms with Crippen molar-refractivity contribution in [2.45, 2.75) is 125 Å². The average molecular weight is 634 g/mol. The van der Waals surface area contributed by atoms with E-state index in [9.17, 15) is 29.8 Å². The number of carboxylic acids is 1. The van der Waals surface area contributed by atoms with E-state index in [1.54, 1.807) is 12.1 Å². The number of carboxylic acid groups (broad SMARTS) is 1. The van der Waals surface area contributed by atoms with Crippen LogP contribution < -0.4 is 0 Å². The maximum Gasteiger partial charge on any atom is 0.329 e. The third-order valence-corrected chi connectivity index (χ3v) is 15.0. The molecule has 3 N–H and O–H groups in total. The molecule has 6 rings (SSSR count). The van der Waals surface area contributed by atoms with Crippen molar-refractivity contribution in [1.82, 2.24) is 5.06 Å². The van der Waals surface area contributed by atoms with Crippen molar-refractivity contribution >= 4 is 17.7 Å². The monoisotopic (exact) mass is 633 g/mol. The second-order valence-corrected chi connectivity index (χ2v) is 18.0. The molecule has 5 aliphatic carbocycles. The summed E-state index contributed by atoms with van der Waals surface area (Å²) < 4.78 is 0. The number of hydrogen-bond acceptors (Lipinski definition) is 5. The molecule has 4 saturated carbocycles. The van der Waals surface area contributed by atoms with Crippen molar-refractivity contribution in [3.63, 3.8) is 0 Å². The highest BCUT2D eigenvalue weighted by Crippen LogP contribution is 2.75. The molecule has 252 valence electrons. The number of hydrogen-bond donors (Lipinski definition) is 3. The van der Waals surface area contributed by atoms with Crippen molar-refractivity contribution in [3.8, 4) is 5.75 Å². The van der Waals surface area contributed by atoms with E-state index >= 15 is 0 Å². The summed E-state index contributed by atoms with van der Waals surface area (Å²) in [6.45, 7) is 16.2. The van der Waals surface area contributed by atoms with Gasteiger partial charge in [-0.15, -0.1) is 0 Å². The second kappa shape index (κ2) is 10.7. The van der Waals surface area contributed by atoms with E-state index in [1.807, 2.05) is 13.0 Å². The summed E-state index contributed by atoms with van der Waals surface area (Å²) in [5.74, 6) is -1.02. The van der Waals surface area contributed by atoms with Crippen molar-refractivity contribution in [2.75, 3.05) is 0 Å². The molecule has 4 fully saturated rings. The number of carbonyl (C=O) groups is 3. The summed E-state index contributed by atoms with van der Waals surface area (Å²) in [7, 11) is 0. The number of aromatic hydroxyl groups is 1. The first-order valence-electron chi connectivity index (χ1n) is 17.6. The highest BCUT2D eigenvalue weighted by molar-refractivity contribution is 5.96. The van der Waals surface area contributed by atoms with E-state index in [0.29, 0.717) is 29.4 Å². The maximum atomic E-state index is 14.6. The van der Waals surface area contributed by atoms with Gasteiger partial charge in [0.25, 0.3) is 5.91 Å². The number of rotatable bonds is 5. The fourth-order valence-corrected chi connectivity index (χ4v) is 12.0. The van der Waals surface area contributed by atoms with Gasteiger partial charge in [0.1, 0.15) is 5.75 Å². The summed E-state index contributed by atoms with van der Waals surface area (Å²) in [4.78, 5) is 41.0. The van der Waals surface area contributed by atoms with E-state index in [1.165, 1.54) is 24.1 Å². The largest absolute Gasteiger partial charge is 0.508 e. The van der Waals surface area contributed by atoms with Crippen molar-refractivity contribution < 1.29 is 29.8 Å². The molecule has 0 saturated heterocycles. The van der Waals surface area contributed by atoms with Gasteiger partial charge in [0.05, 0.1) is 0 Å². The zero-order valence-corrected chi connectivity index (χ0v) is 29.0. The Labute approximate surface area is 274 Å². The van der Waals surface area contributed by atoms with Crippen LogP contribution in [-0.2, 0) is 20.8 Å². The van der Waals surface area contributed by atoms with E-state index in [2.05, 4.69) is 41.5 Å². The minimum Gasteiger partial charge on any atom is -0.508 e. The lowest BCUT2D eigenvalue weighted by atomic mass is 9.33. The SMILES string of the molecule is CC1(C(=O)N(O)[C@@H](Cc2ccc(O)cc2)C(=O)O)CC[C@]2(C)CC[C@]3(C)C(=CC(=O)C4[C@@]5(C)CCCC(C)(C)C5CC[C@]43C)[C@@H]2C1. The average Bonchev–Trinajstić information content (AvgIpc) is 2.97. The molecule has 9 atom stereocenters. The van der Waals surface area contributed by atoms with Gasteiger partial charge < -0.3 is 10.2 Å². The molecule has 0 bridgehead atoms. The molecular formula is C39H55NO6. The predicted molar refractivity (Wildman–Crippen MR) is 176 cm³/mol. The molecular weight excluding hydrogens is 578 g/mol. The number of benzene rings is 1. The fourth-order valence-electron chi connectivity index (χ4n) is 12.0. The van der Waals surface area contributed by atoms with Crippen LogP contribution in [-0.4, -0.2) is 44.2 Å². The Bertz CT molecular complexity index is 1460. The third kappa shape index (κ3) is 4.72. The summed E-state index contributed by atoms with van der Waals surface area (Å²) in [6, 6.07) is 4.68. The molecule has 0 spiro atoms. The molecule has 1 aromatic rings. The van der Waals surface area contributed by atoms with Gasteiger partial charge in [-0.25, -0.2) is 9.86 Å². The van der Waals surface area contributed by atoms with Crippen LogP contribution in [0, 0.1) is 50.2 Å². The Balaban J connectivity index is 1.33. The number of hydroxylamine groups is 2. The highest BCUT2D eigenvalue weighted by Gasteiger charge is 2.69. The number of aliphatic carboxylic acids is 1. The Morgan fingerprint density at radius 3 is 2.22 bits per heavy atom. The zero-order valence-electron chi connectivity index (χ0n) is 29.0. The van der Waals surface area contributed by atoms with Crippen LogP contribution in [0.2, 0.25) is 0 Å². The van der Waals surface area contributed by atoms with Crippen molar-refractivity contribution in [3.05, 3.63) is 41.5 Å². The molecule has 0 heterocycles. The molecule has 1 aromatic carbocycles. The Morgan fingerprint density at radius 1 is 0.913 bits per heavy atom. The van der Waals surface area contributed by atoms with Crippen LogP contribution >= 0.6 is 0 Å². The van der Waals surface area contributed by atoms with Gasteiger partial charge in [0.2, 0.25) is 0 Å². The van der Waals surface area contributed by atoms with Gasteiger partial charge in [-0.05, 0) is 120 Å². The lowest BCUT2D eigenvalue weighted by molar-refractivity contribution is -0.200. The molecule has 46 heavy (non-hydrogen) atoms. The van der Waals surface area contributed by atoms with E-state index in [4.69, 9.17) is 0 Å². The van der Waals surface area contributed by atoms with E-state index < -0.39 is 23.3 Å². The van der Waals surface area contributed by atoms with Gasteiger partial charge in [-0.2, -0.15) is 0 Å². The second-order valence-electron chi connectivity index (χ2n) is 18.0. The lowest BCUT2D eigenvalue weighted by Gasteiger charge is -2.70. The standard InChI is InChI=1S/C39H55NO6/c1-34(2)14-8-15-37(5)30(34)13-16-39(7)31(37)29(42)22-26-27-23-36(4,18-17-35(27,3)19-20-38(26,39)6)33(45)40(46)28(32(43)44)21-24-9-11-25(41)12-10-24/h9-12,22,27-28,30-31,41,46H,8,13-21,23H2,1-7H3,(H,43,44)/t27-,28-,30?,31?,35+,36?,37-,38+,39+/m0/s1. The number of amides is 1. The molecule has 0 aliphatic heterocycles. The predicted octanol–water partition coefficient (Wildman–Crippen LogP) is 7.98. The lowest BCUT2D eigenvalue weighted by Crippen LogP contribution is -2.65. The molecule has 7 heteroatoms. The van der Waals surface area contributed by atoms with Gasteiger partial charge in [0, 0.05) is 17.8 Å². The Kier molecular flexibility index (Phi) is 7.71. The smallest absolute Gasteiger partial charge is 0.329 e. The highest BCUT2D eigenvalue weighted by atomic mass is 16.5. The number of ketones is 1. The van der Waals surface area contributed by atoms with Gasteiger partial charge in [-0.3, -0.25) is 14.8 Å². The van der Waals surface area contributed by atoms with Gasteiger partial charge in [-0.1, -0.05) is 72.6 Å². The third-order valence-electron chi connectivity index (χ3n) is 15.0. The first-order chi connectivity index (χ1) is 21.3. The molecule has 0 radical (unpaired) electrons. The fraction of sp³-hybridized carbons (Fsp3) is 0.718. The molecule has 7 nitrogen and oxygen atoms in total.